The second-order valence-corrected chi connectivity index (χ2v) is 5.09. The summed E-state index contributed by atoms with van der Waals surface area (Å²) in [5, 5.41) is 11.5. The zero-order valence-electron chi connectivity index (χ0n) is 11.6. The number of hydrogen-bond donors (Lipinski definition) is 2. The van der Waals surface area contributed by atoms with Crippen molar-refractivity contribution in [3.05, 3.63) is 48.2 Å². The van der Waals surface area contributed by atoms with Gasteiger partial charge in [-0.05, 0) is 11.6 Å². The minimum atomic E-state index is 0.351. The van der Waals surface area contributed by atoms with Crippen molar-refractivity contribution in [3.8, 4) is 0 Å². The molecule has 0 amide bonds. The summed E-state index contributed by atoms with van der Waals surface area (Å²) in [6.45, 7) is 4.89. The Labute approximate surface area is 117 Å². The molecule has 0 saturated carbocycles. The van der Waals surface area contributed by atoms with Gasteiger partial charge in [0.15, 0.2) is 0 Å². The number of nitrogens with zero attached hydrogens (tertiary/aromatic N) is 3. The monoisotopic (exact) mass is 267 g/mol. The summed E-state index contributed by atoms with van der Waals surface area (Å²) in [5.74, 6) is 1.22. The first kappa shape index (κ1) is 12.6. The fourth-order valence-corrected chi connectivity index (χ4v) is 2.11. The van der Waals surface area contributed by atoms with Crippen molar-refractivity contribution in [2.45, 2.75) is 26.3 Å². The summed E-state index contributed by atoms with van der Waals surface area (Å²) in [5.41, 5.74) is 3.18. The smallest absolute Gasteiger partial charge is 0.130 e. The maximum Gasteiger partial charge on any atom is 0.130 e. The molecule has 5 heteroatoms. The van der Waals surface area contributed by atoms with E-state index < -0.39 is 0 Å². The van der Waals surface area contributed by atoms with Crippen LogP contribution in [0.15, 0.2) is 36.8 Å². The fraction of sp³-hybridized carbons (Fsp3) is 0.267. The van der Waals surface area contributed by atoms with Crippen molar-refractivity contribution < 1.29 is 0 Å². The molecule has 20 heavy (non-hydrogen) atoms. The maximum atomic E-state index is 4.35. The van der Waals surface area contributed by atoms with Crippen LogP contribution >= 0.6 is 0 Å². The first-order chi connectivity index (χ1) is 9.74. The van der Waals surface area contributed by atoms with Crippen LogP contribution in [0.3, 0.4) is 0 Å². The maximum absolute atomic E-state index is 4.35. The standard InChI is InChI=1S/C15H17N5/c1-10(2)15-17-7-12(8-18-15)16-6-11-4-3-5-14-13(11)9-19-20-14/h3-5,7-10,16H,6H2,1-2H3,(H,19,20). The number of H-pyrrole nitrogens is 1. The van der Waals surface area contributed by atoms with E-state index in [0.29, 0.717) is 5.92 Å². The quantitative estimate of drug-likeness (QED) is 0.762. The molecule has 2 aromatic heterocycles. The van der Waals surface area contributed by atoms with E-state index in [-0.39, 0.29) is 0 Å². The number of hydrogen-bond acceptors (Lipinski definition) is 4. The third kappa shape index (κ3) is 2.47. The predicted octanol–water partition coefficient (Wildman–Crippen LogP) is 3.09. The van der Waals surface area contributed by atoms with Crippen LogP contribution in [0.2, 0.25) is 0 Å². The Morgan fingerprint density at radius 1 is 1.15 bits per heavy atom. The van der Waals surface area contributed by atoms with E-state index in [1.54, 1.807) is 0 Å². The molecule has 1 aromatic carbocycles. The number of rotatable bonds is 4. The number of aromatic amines is 1. The summed E-state index contributed by atoms with van der Waals surface area (Å²) < 4.78 is 0. The zero-order valence-corrected chi connectivity index (χ0v) is 11.6. The molecule has 2 N–H and O–H groups in total. The molecule has 102 valence electrons. The Hall–Kier alpha value is -2.43. The van der Waals surface area contributed by atoms with E-state index in [0.717, 1.165) is 29.0 Å². The van der Waals surface area contributed by atoms with Crippen molar-refractivity contribution in [1.29, 1.82) is 0 Å². The summed E-state index contributed by atoms with van der Waals surface area (Å²) in [6, 6.07) is 6.14. The van der Waals surface area contributed by atoms with Gasteiger partial charge in [0.05, 0.1) is 29.8 Å². The Morgan fingerprint density at radius 3 is 2.70 bits per heavy atom. The van der Waals surface area contributed by atoms with Gasteiger partial charge in [-0.1, -0.05) is 26.0 Å². The highest BCUT2D eigenvalue weighted by Crippen LogP contribution is 2.17. The van der Waals surface area contributed by atoms with Crippen LogP contribution in [-0.4, -0.2) is 20.2 Å². The highest BCUT2D eigenvalue weighted by Gasteiger charge is 2.04. The van der Waals surface area contributed by atoms with Gasteiger partial charge < -0.3 is 5.32 Å². The van der Waals surface area contributed by atoms with Gasteiger partial charge in [0.1, 0.15) is 5.82 Å². The Morgan fingerprint density at radius 2 is 1.95 bits per heavy atom. The minimum Gasteiger partial charge on any atom is -0.378 e. The average Bonchev–Trinajstić information content (AvgIpc) is 2.94. The van der Waals surface area contributed by atoms with Crippen LogP contribution in [-0.2, 0) is 6.54 Å². The van der Waals surface area contributed by atoms with Crippen LogP contribution in [0.1, 0.15) is 31.2 Å². The Kier molecular flexibility index (Phi) is 3.33. The third-order valence-electron chi connectivity index (χ3n) is 3.25. The second-order valence-electron chi connectivity index (χ2n) is 5.09. The fourth-order valence-electron chi connectivity index (χ4n) is 2.11. The minimum absolute atomic E-state index is 0.351. The molecule has 0 spiro atoms. The lowest BCUT2D eigenvalue weighted by Crippen LogP contribution is -2.03. The van der Waals surface area contributed by atoms with E-state index in [1.165, 1.54) is 5.56 Å². The number of anilines is 1. The lowest BCUT2D eigenvalue weighted by Gasteiger charge is -2.08. The molecule has 0 atom stereocenters. The summed E-state index contributed by atoms with van der Waals surface area (Å²) in [7, 11) is 0. The van der Waals surface area contributed by atoms with Gasteiger partial charge in [-0.25, -0.2) is 9.97 Å². The number of aromatic nitrogens is 4. The average molecular weight is 267 g/mol. The van der Waals surface area contributed by atoms with E-state index in [4.69, 9.17) is 0 Å². The van der Waals surface area contributed by atoms with Crippen LogP contribution in [0.25, 0.3) is 10.9 Å². The third-order valence-corrected chi connectivity index (χ3v) is 3.25. The molecular weight excluding hydrogens is 250 g/mol. The molecule has 0 bridgehead atoms. The topological polar surface area (TPSA) is 66.5 Å². The van der Waals surface area contributed by atoms with Crippen molar-refractivity contribution >= 4 is 16.6 Å². The lowest BCUT2D eigenvalue weighted by molar-refractivity contribution is 0.774. The van der Waals surface area contributed by atoms with E-state index >= 15 is 0 Å². The summed E-state index contributed by atoms with van der Waals surface area (Å²) in [4.78, 5) is 8.70. The highest BCUT2D eigenvalue weighted by molar-refractivity contribution is 5.81. The molecule has 0 unspecified atom stereocenters. The summed E-state index contributed by atoms with van der Waals surface area (Å²) in [6.07, 6.45) is 5.51. The van der Waals surface area contributed by atoms with Crippen LogP contribution in [0.5, 0.6) is 0 Å². The SMILES string of the molecule is CC(C)c1ncc(NCc2cccc3[nH]ncc23)cn1. The lowest BCUT2D eigenvalue weighted by atomic mass is 10.1. The van der Waals surface area contributed by atoms with Gasteiger partial charge in [0.2, 0.25) is 0 Å². The van der Waals surface area contributed by atoms with Gasteiger partial charge in [-0.2, -0.15) is 5.10 Å². The molecule has 2 heterocycles. The molecule has 0 saturated heterocycles. The molecule has 0 fully saturated rings. The first-order valence-corrected chi connectivity index (χ1v) is 6.71. The van der Waals surface area contributed by atoms with Crippen LogP contribution < -0.4 is 5.32 Å². The van der Waals surface area contributed by atoms with Crippen molar-refractivity contribution in [2.24, 2.45) is 0 Å². The van der Waals surface area contributed by atoms with Crippen molar-refractivity contribution in [2.75, 3.05) is 5.32 Å². The van der Waals surface area contributed by atoms with E-state index in [2.05, 4.69) is 45.4 Å². The molecule has 0 aliphatic rings. The Bertz CT molecular complexity index is 700. The van der Waals surface area contributed by atoms with Crippen LogP contribution in [0, 0.1) is 0 Å². The van der Waals surface area contributed by atoms with E-state index in [9.17, 15) is 0 Å². The summed E-state index contributed by atoms with van der Waals surface area (Å²) >= 11 is 0. The Balaban J connectivity index is 1.74. The van der Waals surface area contributed by atoms with Gasteiger partial charge in [0.25, 0.3) is 0 Å². The van der Waals surface area contributed by atoms with Gasteiger partial charge in [-0.15, -0.1) is 0 Å². The first-order valence-electron chi connectivity index (χ1n) is 6.71. The van der Waals surface area contributed by atoms with Crippen LogP contribution in [0.4, 0.5) is 5.69 Å². The zero-order chi connectivity index (χ0) is 13.9. The van der Waals surface area contributed by atoms with Gasteiger partial charge in [0, 0.05) is 17.8 Å². The molecule has 0 aliphatic carbocycles. The molecule has 0 aliphatic heterocycles. The van der Waals surface area contributed by atoms with Gasteiger partial charge >= 0.3 is 0 Å². The van der Waals surface area contributed by atoms with Crippen molar-refractivity contribution in [1.82, 2.24) is 20.2 Å². The largest absolute Gasteiger partial charge is 0.378 e. The molecule has 3 aromatic rings. The van der Waals surface area contributed by atoms with Crippen molar-refractivity contribution in [3.63, 3.8) is 0 Å². The number of benzene rings is 1. The number of nitrogens with one attached hydrogen (secondary N) is 2. The van der Waals surface area contributed by atoms with E-state index in [1.807, 2.05) is 30.7 Å². The highest BCUT2D eigenvalue weighted by atomic mass is 15.1. The second kappa shape index (κ2) is 5.28. The normalized spacial score (nSPS) is 11.2. The predicted molar refractivity (Wildman–Crippen MR) is 79.5 cm³/mol. The molecule has 5 nitrogen and oxygen atoms in total. The molecule has 3 rings (SSSR count). The molecule has 0 radical (unpaired) electrons. The molecular formula is C15H17N5. The number of fused-ring (bicyclic) bond motifs is 1. The van der Waals surface area contributed by atoms with Gasteiger partial charge in [-0.3, -0.25) is 5.10 Å².